The van der Waals surface area contributed by atoms with Crippen molar-refractivity contribution < 1.29 is 18.7 Å². The van der Waals surface area contributed by atoms with Crippen molar-refractivity contribution in [1.82, 2.24) is 0 Å². The SMILES string of the molecule is CCN(CP(=O)(O)O)c1ccc(F)cc1. The lowest BCUT2D eigenvalue weighted by Gasteiger charge is -2.23. The Hall–Kier alpha value is -0.900. The first kappa shape index (κ1) is 12.2. The van der Waals surface area contributed by atoms with E-state index < -0.39 is 7.60 Å². The second-order valence-electron chi connectivity index (χ2n) is 3.14. The van der Waals surface area contributed by atoms with Gasteiger partial charge in [0.15, 0.2) is 0 Å². The van der Waals surface area contributed by atoms with E-state index in [-0.39, 0.29) is 12.1 Å². The molecule has 0 aliphatic rings. The maximum absolute atomic E-state index is 12.6. The Balaban J connectivity index is 2.83. The van der Waals surface area contributed by atoms with Crippen LogP contribution in [0, 0.1) is 5.82 Å². The van der Waals surface area contributed by atoms with E-state index in [0.29, 0.717) is 12.2 Å². The van der Waals surface area contributed by atoms with Crippen LogP contribution in [-0.2, 0) is 4.57 Å². The maximum Gasteiger partial charge on any atom is 0.344 e. The summed E-state index contributed by atoms with van der Waals surface area (Å²) >= 11 is 0. The largest absolute Gasteiger partial charge is 0.360 e. The quantitative estimate of drug-likeness (QED) is 0.778. The molecule has 0 aliphatic heterocycles. The molecule has 0 radical (unpaired) electrons. The van der Waals surface area contributed by atoms with Crippen molar-refractivity contribution in [3.8, 4) is 0 Å². The van der Waals surface area contributed by atoms with Crippen LogP contribution in [0.1, 0.15) is 6.92 Å². The van der Waals surface area contributed by atoms with E-state index in [1.807, 2.05) is 0 Å². The van der Waals surface area contributed by atoms with Gasteiger partial charge in [0.1, 0.15) is 12.1 Å². The van der Waals surface area contributed by atoms with Gasteiger partial charge in [0, 0.05) is 12.2 Å². The molecule has 84 valence electrons. The number of hydrogen-bond acceptors (Lipinski definition) is 2. The number of hydrogen-bond donors (Lipinski definition) is 2. The van der Waals surface area contributed by atoms with Crippen molar-refractivity contribution in [2.45, 2.75) is 6.92 Å². The summed E-state index contributed by atoms with van der Waals surface area (Å²) in [5.74, 6) is -0.369. The third kappa shape index (κ3) is 4.00. The molecule has 0 aliphatic carbocycles. The minimum atomic E-state index is -4.08. The second kappa shape index (κ2) is 4.75. The molecule has 0 spiro atoms. The molecule has 2 N–H and O–H groups in total. The lowest BCUT2D eigenvalue weighted by Crippen LogP contribution is -2.23. The summed E-state index contributed by atoms with van der Waals surface area (Å²) < 4.78 is 23.4. The highest BCUT2D eigenvalue weighted by Crippen LogP contribution is 2.36. The zero-order valence-corrected chi connectivity index (χ0v) is 9.19. The molecule has 6 heteroatoms. The van der Waals surface area contributed by atoms with Gasteiger partial charge in [-0.25, -0.2) is 4.39 Å². The van der Waals surface area contributed by atoms with Crippen LogP contribution in [-0.4, -0.2) is 22.6 Å². The summed E-state index contributed by atoms with van der Waals surface area (Å²) in [4.78, 5) is 19.2. The van der Waals surface area contributed by atoms with E-state index in [4.69, 9.17) is 9.79 Å². The van der Waals surface area contributed by atoms with Gasteiger partial charge < -0.3 is 14.7 Å². The van der Waals surface area contributed by atoms with Crippen molar-refractivity contribution in [1.29, 1.82) is 0 Å². The smallest absolute Gasteiger partial charge is 0.344 e. The standard InChI is InChI=1S/C9H13FNO3P/c1-2-11(7-15(12,13)14)9-5-3-8(10)4-6-9/h3-6H,2,7H2,1H3,(H2,12,13,14). The predicted molar refractivity (Wildman–Crippen MR) is 56.3 cm³/mol. The normalized spacial score (nSPS) is 11.5. The van der Waals surface area contributed by atoms with E-state index in [1.54, 1.807) is 6.92 Å². The molecule has 0 aromatic heterocycles. The van der Waals surface area contributed by atoms with E-state index >= 15 is 0 Å². The van der Waals surface area contributed by atoms with Crippen LogP contribution in [0.4, 0.5) is 10.1 Å². The highest BCUT2D eigenvalue weighted by molar-refractivity contribution is 7.51. The fourth-order valence-electron chi connectivity index (χ4n) is 1.24. The highest BCUT2D eigenvalue weighted by atomic mass is 31.2. The van der Waals surface area contributed by atoms with Gasteiger partial charge in [-0.2, -0.15) is 0 Å². The zero-order chi connectivity index (χ0) is 11.5. The lowest BCUT2D eigenvalue weighted by atomic mass is 10.3. The van der Waals surface area contributed by atoms with Crippen LogP contribution in [0.3, 0.4) is 0 Å². The number of rotatable bonds is 4. The maximum atomic E-state index is 12.6. The van der Waals surface area contributed by atoms with Crippen LogP contribution in [0.25, 0.3) is 0 Å². The summed E-state index contributed by atoms with van der Waals surface area (Å²) in [6.45, 7) is 2.23. The minimum Gasteiger partial charge on any atom is -0.360 e. The Kier molecular flexibility index (Phi) is 3.85. The van der Waals surface area contributed by atoms with Gasteiger partial charge in [0.05, 0.1) is 0 Å². The first-order valence-corrected chi connectivity index (χ1v) is 6.27. The highest BCUT2D eigenvalue weighted by Gasteiger charge is 2.18. The van der Waals surface area contributed by atoms with E-state index in [1.165, 1.54) is 29.2 Å². The van der Waals surface area contributed by atoms with Crippen LogP contribution >= 0.6 is 7.60 Å². The van der Waals surface area contributed by atoms with Gasteiger partial charge in [0.2, 0.25) is 0 Å². The third-order valence-corrected chi connectivity index (χ3v) is 2.64. The molecule has 0 fully saturated rings. The number of benzene rings is 1. The van der Waals surface area contributed by atoms with Gasteiger partial charge in [-0.1, -0.05) is 0 Å². The van der Waals surface area contributed by atoms with Crippen molar-refractivity contribution in [3.05, 3.63) is 30.1 Å². The fraction of sp³-hybridized carbons (Fsp3) is 0.333. The summed E-state index contributed by atoms with van der Waals surface area (Å²) in [6.07, 6.45) is -0.352. The summed E-state index contributed by atoms with van der Waals surface area (Å²) in [5.41, 5.74) is 0.599. The van der Waals surface area contributed by atoms with Gasteiger partial charge in [-0.05, 0) is 31.2 Å². The van der Waals surface area contributed by atoms with E-state index in [0.717, 1.165) is 0 Å². The number of anilines is 1. The van der Waals surface area contributed by atoms with Gasteiger partial charge in [-0.3, -0.25) is 4.57 Å². The Morgan fingerprint density at radius 1 is 1.33 bits per heavy atom. The Bertz CT molecular complexity index is 362. The Morgan fingerprint density at radius 2 is 1.87 bits per heavy atom. The second-order valence-corrected chi connectivity index (χ2v) is 4.75. The first-order chi connectivity index (χ1) is 6.92. The number of halogens is 1. The predicted octanol–water partition coefficient (Wildman–Crippen LogP) is 1.79. The molecular formula is C9H13FNO3P. The molecule has 4 nitrogen and oxygen atoms in total. The fourth-order valence-corrected chi connectivity index (χ4v) is 2.05. The van der Waals surface area contributed by atoms with Gasteiger partial charge in [0.25, 0.3) is 0 Å². The molecule has 0 atom stereocenters. The van der Waals surface area contributed by atoms with Gasteiger partial charge in [-0.15, -0.1) is 0 Å². The lowest BCUT2D eigenvalue weighted by molar-refractivity contribution is 0.372. The molecule has 0 saturated carbocycles. The molecule has 0 heterocycles. The van der Waals surface area contributed by atoms with Crippen molar-refractivity contribution >= 4 is 13.3 Å². The first-order valence-electron chi connectivity index (χ1n) is 4.47. The van der Waals surface area contributed by atoms with Crippen molar-refractivity contribution in [2.75, 3.05) is 17.7 Å². The molecule has 1 aromatic carbocycles. The molecule has 1 aromatic rings. The molecule has 1 rings (SSSR count). The van der Waals surface area contributed by atoms with E-state index in [2.05, 4.69) is 0 Å². The van der Waals surface area contributed by atoms with Crippen molar-refractivity contribution in [2.24, 2.45) is 0 Å². The number of nitrogens with zero attached hydrogens (tertiary/aromatic N) is 1. The molecule has 15 heavy (non-hydrogen) atoms. The van der Waals surface area contributed by atoms with Crippen LogP contribution in [0.5, 0.6) is 0 Å². The van der Waals surface area contributed by atoms with Crippen LogP contribution in [0.15, 0.2) is 24.3 Å². The molecular weight excluding hydrogens is 220 g/mol. The summed E-state index contributed by atoms with van der Waals surface area (Å²) in [5, 5.41) is 0. The zero-order valence-electron chi connectivity index (χ0n) is 8.30. The third-order valence-electron chi connectivity index (χ3n) is 1.93. The topological polar surface area (TPSA) is 60.8 Å². The summed E-state index contributed by atoms with van der Waals surface area (Å²) in [7, 11) is -4.08. The average Bonchev–Trinajstić information content (AvgIpc) is 2.14. The Morgan fingerprint density at radius 3 is 2.27 bits per heavy atom. The molecule has 0 unspecified atom stereocenters. The molecule has 0 amide bonds. The van der Waals surface area contributed by atoms with E-state index in [9.17, 15) is 8.96 Å². The monoisotopic (exact) mass is 233 g/mol. The van der Waals surface area contributed by atoms with Crippen molar-refractivity contribution in [3.63, 3.8) is 0 Å². The average molecular weight is 233 g/mol. The summed E-state index contributed by atoms with van der Waals surface area (Å²) in [6, 6.07) is 5.51. The van der Waals surface area contributed by atoms with Crippen LogP contribution < -0.4 is 4.90 Å². The van der Waals surface area contributed by atoms with Gasteiger partial charge >= 0.3 is 7.60 Å². The van der Waals surface area contributed by atoms with Crippen LogP contribution in [0.2, 0.25) is 0 Å². The minimum absolute atomic E-state index is 0.352. The molecule has 0 saturated heterocycles. The molecule has 0 bridgehead atoms. The Labute approximate surface area is 87.5 Å².